The molecule has 1 aromatic carbocycles. The van der Waals surface area contributed by atoms with Crippen molar-refractivity contribution in [3.8, 4) is 11.5 Å². The van der Waals surface area contributed by atoms with E-state index >= 15 is 0 Å². The van der Waals surface area contributed by atoms with Crippen molar-refractivity contribution in [2.75, 3.05) is 32.2 Å². The molecule has 2 rings (SSSR count). The Hall–Kier alpha value is -1.52. The molecule has 18 heavy (non-hydrogen) atoms. The molecule has 100 valence electrons. The molecular weight excluding hydrogens is 240 g/mol. The van der Waals surface area contributed by atoms with Gasteiger partial charge in [0.05, 0.1) is 14.2 Å². The van der Waals surface area contributed by atoms with E-state index in [9.17, 15) is 8.78 Å². The molecule has 1 aliphatic heterocycles. The van der Waals surface area contributed by atoms with Crippen molar-refractivity contribution in [2.45, 2.75) is 18.8 Å². The molecular formula is C13H17F2NO2. The number of alkyl halides is 2. The van der Waals surface area contributed by atoms with Gasteiger partial charge in [-0.2, -0.15) is 0 Å². The molecule has 1 heterocycles. The lowest BCUT2D eigenvalue weighted by Gasteiger charge is -2.33. The minimum atomic E-state index is -2.52. The van der Waals surface area contributed by atoms with Gasteiger partial charge in [-0.3, -0.25) is 0 Å². The van der Waals surface area contributed by atoms with E-state index in [4.69, 9.17) is 9.47 Å². The van der Waals surface area contributed by atoms with Crippen LogP contribution in [0.1, 0.15) is 12.8 Å². The van der Waals surface area contributed by atoms with E-state index in [2.05, 4.69) is 0 Å². The fourth-order valence-corrected chi connectivity index (χ4v) is 2.11. The summed E-state index contributed by atoms with van der Waals surface area (Å²) in [6.45, 7) is 0.727. The molecule has 0 amide bonds. The van der Waals surface area contributed by atoms with Crippen molar-refractivity contribution >= 4 is 5.69 Å². The van der Waals surface area contributed by atoms with Gasteiger partial charge in [-0.25, -0.2) is 8.78 Å². The molecule has 1 aromatic rings. The molecule has 3 nitrogen and oxygen atoms in total. The maximum Gasteiger partial charge on any atom is 0.251 e. The Balaban J connectivity index is 2.15. The zero-order valence-corrected chi connectivity index (χ0v) is 10.6. The summed E-state index contributed by atoms with van der Waals surface area (Å²) >= 11 is 0. The quantitative estimate of drug-likeness (QED) is 0.831. The number of hydrogen-bond acceptors (Lipinski definition) is 3. The lowest BCUT2D eigenvalue weighted by molar-refractivity contribution is -0.0220. The zero-order valence-electron chi connectivity index (χ0n) is 10.6. The van der Waals surface area contributed by atoms with Crippen LogP contribution < -0.4 is 14.4 Å². The highest BCUT2D eigenvalue weighted by molar-refractivity contribution is 5.56. The number of anilines is 1. The molecule has 5 heteroatoms. The lowest BCUT2D eigenvalue weighted by Crippen LogP contribution is -2.39. The number of methoxy groups -OCH3 is 2. The summed E-state index contributed by atoms with van der Waals surface area (Å²) in [4.78, 5) is 1.94. The standard InChI is InChI=1S/C13H17F2NO2/c1-17-11-4-3-10(9-12(11)18-2)16-7-5-13(14,15)6-8-16/h3-4,9H,5-8H2,1-2H3. The molecule has 0 radical (unpaired) electrons. The number of nitrogens with zero attached hydrogens (tertiary/aromatic N) is 1. The predicted octanol–water partition coefficient (Wildman–Crippen LogP) is 2.94. The van der Waals surface area contributed by atoms with Crippen LogP contribution in [-0.2, 0) is 0 Å². The van der Waals surface area contributed by atoms with E-state index in [-0.39, 0.29) is 12.8 Å². The van der Waals surface area contributed by atoms with Crippen LogP contribution in [0.2, 0.25) is 0 Å². The van der Waals surface area contributed by atoms with Crippen molar-refractivity contribution in [3.05, 3.63) is 18.2 Å². The van der Waals surface area contributed by atoms with Crippen LogP contribution in [-0.4, -0.2) is 33.2 Å². The monoisotopic (exact) mass is 257 g/mol. The Kier molecular flexibility index (Phi) is 3.59. The third-order valence-electron chi connectivity index (χ3n) is 3.23. The van der Waals surface area contributed by atoms with Gasteiger partial charge in [-0.15, -0.1) is 0 Å². The SMILES string of the molecule is COc1ccc(N2CCC(F)(F)CC2)cc1OC. The van der Waals surface area contributed by atoms with E-state index < -0.39 is 5.92 Å². The van der Waals surface area contributed by atoms with Gasteiger partial charge in [-0.1, -0.05) is 0 Å². The number of ether oxygens (including phenoxy) is 2. The highest BCUT2D eigenvalue weighted by Gasteiger charge is 2.34. The first-order chi connectivity index (χ1) is 8.55. The summed E-state index contributed by atoms with van der Waals surface area (Å²) in [5, 5.41) is 0. The molecule has 0 aliphatic carbocycles. The topological polar surface area (TPSA) is 21.7 Å². The Morgan fingerprint density at radius 1 is 1.06 bits per heavy atom. The first-order valence-electron chi connectivity index (χ1n) is 5.90. The number of rotatable bonds is 3. The van der Waals surface area contributed by atoms with E-state index in [1.165, 1.54) is 0 Å². The Morgan fingerprint density at radius 3 is 2.22 bits per heavy atom. The maximum absolute atomic E-state index is 13.1. The van der Waals surface area contributed by atoms with Crippen LogP contribution in [0.3, 0.4) is 0 Å². The van der Waals surface area contributed by atoms with Crippen LogP contribution in [0.15, 0.2) is 18.2 Å². The minimum absolute atomic E-state index is 0.0959. The lowest BCUT2D eigenvalue weighted by atomic mass is 10.1. The van der Waals surface area contributed by atoms with Crippen LogP contribution in [0.4, 0.5) is 14.5 Å². The summed E-state index contributed by atoms with van der Waals surface area (Å²) in [7, 11) is 3.13. The van der Waals surface area contributed by atoms with Crippen LogP contribution in [0, 0.1) is 0 Å². The van der Waals surface area contributed by atoms with Crippen molar-refractivity contribution in [1.29, 1.82) is 0 Å². The molecule has 0 unspecified atom stereocenters. The molecule has 1 fully saturated rings. The van der Waals surface area contributed by atoms with Gasteiger partial charge in [0.15, 0.2) is 11.5 Å². The maximum atomic E-state index is 13.1. The van der Waals surface area contributed by atoms with Gasteiger partial charge in [0, 0.05) is 37.7 Å². The van der Waals surface area contributed by atoms with Crippen LogP contribution in [0.25, 0.3) is 0 Å². The molecule has 1 aliphatic rings. The largest absolute Gasteiger partial charge is 0.493 e. The number of halogens is 2. The fourth-order valence-electron chi connectivity index (χ4n) is 2.11. The van der Waals surface area contributed by atoms with Crippen molar-refractivity contribution in [2.24, 2.45) is 0 Å². The fraction of sp³-hybridized carbons (Fsp3) is 0.538. The van der Waals surface area contributed by atoms with Gasteiger partial charge < -0.3 is 14.4 Å². The average molecular weight is 257 g/mol. The molecule has 0 spiro atoms. The van der Waals surface area contributed by atoms with Crippen LogP contribution in [0.5, 0.6) is 11.5 Å². The van der Waals surface area contributed by atoms with Gasteiger partial charge in [0.2, 0.25) is 0 Å². The van der Waals surface area contributed by atoms with E-state index in [1.807, 2.05) is 17.0 Å². The number of benzene rings is 1. The van der Waals surface area contributed by atoms with Gasteiger partial charge in [0.25, 0.3) is 5.92 Å². The zero-order chi connectivity index (χ0) is 13.2. The first-order valence-corrected chi connectivity index (χ1v) is 5.90. The third kappa shape index (κ3) is 2.66. The van der Waals surface area contributed by atoms with E-state index in [0.29, 0.717) is 24.6 Å². The summed E-state index contributed by atoms with van der Waals surface area (Å²) in [6, 6.07) is 5.48. The molecule has 0 bridgehead atoms. The molecule has 1 saturated heterocycles. The molecule has 0 saturated carbocycles. The molecule has 0 aromatic heterocycles. The van der Waals surface area contributed by atoms with E-state index in [1.54, 1.807) is 20.3 Å². The van der Waals surface area contributed by atoms with E-state index in [0.717, 1.165) is 5.69 Å². The normalized spacial score (nSPS) is 18.6. The molecule has 0 atom stereocenters. The average Bonchev–Trinajstić information content (AvgIpc) is 2.38. The predicted molar refractivity (Wildman–Crippen MR) is 65.9 cm³/mol. The summed E-state index contributed by atoms with van der Waals surface area (Å²) in [5.41, 5.74) is 0.892. The number of piperidine rings is 1. The second kappa shape index (κ2) is 5.00. The highest BCUT2D eigenvalue weighted by atomic mass is 19.3. The van der Waals surface area contributed by atoms with Gasteiger partial charge >= 0.3 is 0 Å². The van der Waals surface area contributed by atoms with Crippen molar-refractivity contribution in [1.82, 2.24) is 0 Å². The summed E-state index contributed by atoms with van der Waals surface area (Å²) in [6.07, 6.45) is -0.192. The Morgan fingerprint density at radius 2 is 1.67 bits per heavy atom. The minimum Gasteiger partial charge on any atom is -0.493 e. The van der Waals surface area contributed by atoms with Gasteiger partial charge in [-0.05, 0) is 12.1 Å². The van der Waals surface area contributed by atoms with Crippen molar-refractivity contribution < 1.29 is 18.3 Å². The number of hydrogen-bond donors (Lipinski definition) is 0. The second-order valence-electron chi connectivity index (χ2n) is 4.38. The van der Waals surface area contributed by atoms with Crippen molar-refractivity contribution in [3.63, 3.8) is 0 Å². The summed E-state index contributed by atoms with van der Waals surface area (Å²) < 4.78 is 36.5. The second-order valence-corrected chi connectivity index (χ2v) is 4.38. The highest BCUT2D eigenvalue weighted by Crippen LogP contribution is 2.35. The third-order valence-corrected chi connectivity index (χ3v) is 3.23. The Labute approximate surface area is 105 Å². The first kappa shape index (κ1) is 12.9. The van der Waals surface area contributed by atoms with Crippen LogP contribution >= 0.6 is 0 Å². The molecule has 0 N–H and O–H groups in total. The smallest absolute Gasteiger partial charge is 0.251 e. The summed E-state index contributed by atoms with van der Waals surface area (Å²) in [5.74, 6) is -1.26. The Bertz CT molecular complexity index is 413. The van der Waals surface area contributed by atoms with Gasteiger partial charge in [0.1, 0.15) is 0 Å².